The molecule has 2 rings (SSSR count). The maximum Gasteiger partial charge on any atom is 0.411 e. The van der Waals surface area contributed by atoms with Gasteiger partial charge in [0, 0.05) is 17.8 Å². The molecular formula is C20H21F3N2O4. The highest BCUT2D eigenvalue weighted by molar-refractivity contribution is 6.04. The molecule has 2 aromatic rings. The SMILES string of the molecule is CCNC(=O)COc1ccc(NC(=O)c2ccc(COCC(F)(F)F)cc2)cc1. The van der Waals surface area contributed by atoms with E-state index in [1.807, 2.05) is 6.92 Å². The first-order valence-corrected chi connectivity index (χ1v) is 8.81. The molecule has 0 saturated heterocycles. The van der Waals surface area contributed by atoms with Crippen molar-refractivity contribution in [3.8, 4) is 5.75 Å². The minimum Gasteiger partial charge on any atom is -0.484 e. The van der Waals surface area contributed by atoms with Crippen LogP contribution in [0.25, 0.3) is 0 Å². The van der Waals surface area contributed by atoms with Crippen LogP contribution in [0.5, 0.6) is 5.75 Å². The molecule has 2 N–H and O–H groups in total. The summed E-state index contributed by atoms with van der Waals surface area (Å²) in [6, 6.07) is 12.6. The zero-order chi connectivity index (χ0) is 21.3. The highest BCUT2D eigenvalue weighted by atomic mass is 19.4. The van der Waals surface area contributed by atoms with Gasteiger partial charge in [0.2, 0.25) is 0 Å². The predicted molar refractivity (Wildman–Crippen MR) is 101 cm³/mol. The molecule has 29 heavy (non-hydrogen) atoms. The lowest BCUT2D eigenvalue weighted by Gasteiger charge is -2.09. The van der Waals surface area contributed by atoms with Crippen molar-refractivity contribution in [2.45, 2.75) is 19.7 Å². The molecule has 0 bridgehead atoms. The van der Waals surface area contributed by atoms with E-state index in [1.54, 1.807) is 24.3 Å². The molecule has 0 aromatic heterocycles. The number of likely N-dealkylation sites (N-methyl/N-ethyl adjacent to an activating group) is 1. The minimum absolute atomic E-state index is 0.0986. The van der Waals surface area contributed by atoms with Crippen molar-refractivity contribution >= 4 is 17.5 Å². The largest absolute Gasteiger partial charge is 0.484 e. The van der Waals surface area contributed by atoms with E-state index in [9.17, 15) is 22.8 Å². The lowest BCUT2D eigenvalue weighted by molar-refractivity contribution is -0.176. The van der Waals surface area contributed by atoms with E-state index >= 15 is 0 Å². The zero-order valence-corrected chi connectivity index (χ0v) is 15.7. The molecule has 2 aromatic carbocycles. The van der Waals surface area contributed by atoms with Crippen LogP contribution >= 0.6 is 0 Å². The number of benzene rings is 2. The van der Waals surface area contributed by atoms with Crippen LogP contribution in [0.4, 0.5) is 18.9 Å². The molecule has 0 unspecified atom stereocenters. The number of carbonyl (C=O) groups excluding carboxylic acids is 2. The van der Waals surface area contributed by atoms with Gasteiger partial charge >= 0.3 is 6.18 Å². The summed E-state index contributed by atoms with van der Waals surface area (Å²) in [6.07, 6.45) is -4.37. The molecule has 156 valence electrons. The molecule has 2 amide bonds. The van der Waals surface area contributed by atoms with E-state index in [1.165, 1.54) is 24.3 Å². The van der Waals surface area contributed by atoms with Gasteiger partial charge in [-0.25, -0.2) is 0 Å². The molecule has 0 spiro atoms. The molecular weight excluding hydrogens is 389 g/mol. The Bertz CT molecular complexity index is 806. The Morgan fingerprint density at radius 1 is 1.00 bits per heavy atom. The Morgan fingerprint density at radius 2 is 1.66 bits per heavy atom. The number of ether oxygens (including phenoxy) is 2. The Morgan fingerprint density at radius 3 is 2.24 bits per heavy atom. The minimum atomic E-state index is -4.37. The number of alkyl halides is 3. The maximum absolute atomic E-state index is 12.3. The fraction of sp³-hybridized carbons (Fsp3) is 0.300. The number of hydrogen-bond acceptors (Lipinski definition) is 4. The molecule has 0 fully saturated rings. The fourth-order valence-electron chi connectivity index (χ4n) is 2.27. The predicted octanol–water partition coefficient (Wildman–Crippen LogP) is 3.53. The van der Waals surface area contributed by atoms with Gasteiger partial charge in [-0.05, 0) is 48.9 Å². The summed E-state index contributed by atoms with van der Waals surface area (Å²) in [7, 11) is 0. The van der Waals surface area contributed by atoms with Crippen molar-refractivity contribution in [3.63, 3.8) is 0 Å². The van der Waals surface area contributed by atoms with E-state index in [-0.39, 0.29) is 25.0 Å². The number of anilines is 1. The molecule has 0 radical (unpaired) electrons. The first-order valence-electron chi connectivity index (χ1n) is 8.81. The molecule has 0 aliphatic carbocycles. The van der Waals surface area contributed by atoms with Gasteiger partial charge in [-0.3, -0.25) is 9.59 Å². The van der Waals surface area contributed by atoms with E-state index in [0.717, 1.165) is 0 Å². The lowest BCUT2D eigenvalue weighted by Crippen LogP contribution is -2.28. The van der Waals surface area contributed by atoms with Crippen molar-refractivity contribution in [1.29, 1.82) is 0 Å². The van der Waals surface area contributed by atoms with Crippen LogP contribution in [0.2, 0.25) is 0 Å². The monoisotopic (exact) mass is 410 g/mol. The van der Waals surface area contributed by atoms with Gasteiger partial charge in [0.05, 0.1) is 6.61 Å². The molecule has 0 atom stereocenters. The second kappa shape index (κ2) is 10.5. The summed E-state index contributed by atoms with van der Waals surface area (Å²) in [5.41, 5.74) is 1.40. The van der Waals surface area contributed by atoms with Crippen LogP contribution in [0.15, 0.2) is 48.5 Å². The summed E-state index contributed by atoms with van der Waals surface area (Å²) in [5, 5.41) is 5.31. The fourth-order valence-corrected chi connectivity index (χ4v) is 2.27. The van der Waals surface area contributed by atoms with Crippen LogP contribution < -0.4 is 15.4 Å². The number of hydrogen-bond donors (Lipinski definition) is 2. The number of carbonyl (C=O) groups is 2. The van der Waals surface area contributed by atoms with E-state index in [4.69, 9.17) is 4.74 Å². The van der Waals surface area contributed by atoms with Crippen LogP contribution in [-0.2, 0) is 16.1 Å². The van der Waals surface area contributed by atoms with Gasteiger partial charge in [0.15, 0.2) is 6.61 Å². The van der Waals surface area contributed by atoms with Crippen molar-refractivity contribution in [3.05, 3.63) is 59.7 Å². The Labute approximate surface area is 166 Å². The second-order valence-electron chi connectivity index (χ2n) is 6.03. The molecule has 9 heteroatoms. The highest BCUT2D eigenvalue weighted by Crippen LogP contribution is 2.18. The normalized spacial score (nSPS) is 11.0. The lowest BCUT2D eigenvalue weighted by atomic mass is 10.1. The topological polar surface area (TPSA) is 76.7 Å². The smallest absolute Gasteiger partial charge is 0.411 e. The third-order valence-electron chi connectivity index (χ3n) is 3.61. The Balaban J connectivity index is 1.84. The molecule has 6 nitrogen and oxygen atoms in total. The summed E-state index contributed by atoms with van der Waals surface area (Å²) in [5.74, 6) is -0.113. The van der Waals surface area contributed by atoms with Crippen LogP contribution in [0.1, 0.15) is 22.8 Å². The van der Waals surface area contributed by atoms with Gasteiger partial charge in [0.25, 0.3) is 11.8 Å². The van der Waals surface area contributed by atoms with Crippen molar-refractivity contribution < 1.29 is 32.2 Å². The van der Waals surface area contributed by atoms with Gasteiger partial charge < -0.3 is 20.1 Å². The van der Waals surface area contributed by atoms with Crippen molar-refractivity contribution in [1.82, 2.24) is 5.32 Å². The van der Waals surface area contributed by atoms with Crippen molar-refractivity contribution in [2.24, 2.45) is 0 Å². The first kappa shape index (κ1) is 22.2. The second-order valence-corrected chi connectivity index (χ2v) is 6.03. The number of halogens is 3. The molecule has 0 aliphatic rings. The highest BCUT2D eigenvalue weighted by Gasteiger charge is 2.27. The summed E-state index contributed by atoms with van der Waals surface area (Å²) < 4.78 is 46.1. The quantitative estimate of drug-likeness (QED) is 0.663. The average molecular weight is 410 g/mol. The molecule has 0 saturated carbocycles. The van der Waals surface area contributed by atoms with Crippen molar-refractivity contribution in [2.75, 3.05) is 25.1 Å². The molecule has 0 aliphatic heterocycles. The summed E-state index contributed by atoms with van der Waals surface area (Å²) >= 11 is 0. The maximum atomic E-state index is 12.3. The van der Waals surface area contributed by atoms with E-state index < -0.39 is 12.8 Å². The Kier molecular flexibility index (Phi) is 8.02. The van der Waals surface area contributed by atoms with Crippen LogP contribution in [0.3, 0.4) is 0 Å². The van der Waals surface area contributed by atoms with E-state index in [2.05, 4.69) is 15.4 Å². The zero-order valence-electron chi connectivity index (χ0n) is 15.7. The number of amides is 2. The summed E-state index contributed by atoms with van der Waals surface area (Å²) in [6.45, 7) is 0.718. The van der Waals surface area contributed by atoms with Crippen LogP contribution in [-0.4, -0.2) is 37.7 Å². The van der Waals surface area contributed by atoms with Gasteiger partial charge in [-0.1, -0.05) is 12.1 Å². The summed E-state index contributed by atoms with van der Waals surface area (Å²) in [4.78, 5) is 23.6. The van der Waals surface area contributed by atoms with Crippen LogP contribution in [0, 0.1) is 0 Å². The third kappa shape index (κ3) is 8.22. The number of nitrogens with one attached hydrogen (secondary N) is 2. The average Bonchev–Trinajstić information content (AvgIpc) is 2.67. The Hall–Kier alpha value is -3.07. The molecule has 0 heterocycles. The van der Waals surface area contributed by atoms with Gasteiger partial charge in [-0.2, -0.15) is 13.2 Å². The van der Waals surface area contributed by atoms with E-state index in [0.29, 0.717) is 29.1 Å². The first-order chi connectivity index (χ1) is 13.8. The third-order valence-corrected chi connectivity index (χ3v) is 3.61. The standard InChI is InChI=1S/C20H21F3N2O4/c1-2-24-18(26)12-29-17-9-7-16(8-10-17)25-19(27)15-5-3-14(4-6-15)11-28-13-20(21,22)23/h3-10H,2,11-13H2,1H3,(H,24,26)(H,25,27). The van der Waals surface area contributed by atoms with Gasteiger partial charge in [-0.15, -0.1) is 0 Å². The van der Waals surface area contributed by atoms with Gasteiger partial charge in [0.1, 0.15) is 12.4 Å². The number of rotatable bonds is 9.